The van der Waals surface area contributed by atoms with Crippen LogP contribution < -0.4 is 0 Å². The highest BCUT2D eigenvalue weighted by Crippen LogP contribution is 2.30. The second-order valence-corrected chi connectivity index (χ2v) is 6.37. The lowest BCUT2D eigenvalue weighted by Crippen LogP contribution is -2.32. The van der Waals surface area contributed by atoms with E-state index in [0.29, 0.717) is 5.92 Å². The van der Waals surface area contributed by atoms with Crippen LogP contribution in [-0.4, -0.2) is 17.9 Å². The Kier molecular flexibility index (Phi) is 5.85. The minimum Gasteiger partial charge on any atom is -0.454 e. The third kappa shape index (κ3) is 4.60. The van der Waals surface area contributed by atoms with Gasteiger partial charge in [0.2, 0.25) is 0 Å². The number of ketones is 1. The van der Waals surface area contributed by atoms with Crippen LogP contribution in [0.15, 0.2) is 18.2 Å². The van der Waals surface area contributed by atoms with Crippen LogP contribution in [0.1, 0.15) is 45.1 Å². The largest absolute Gasteiger partial charge is 0.454 e. The topological polar surface area (TPSA) is 43.4 Å². The zero-order chi connectivity index (χ0) is 17.0. The minimum atomic E-state index is -0.879. The number of esters is 1. The highest BCUT2D eigenvalue weighted by molar-refractivity contribution is 5.87. The number of hydrogen-bond acceptors (Lipinski definition) is 3. The normalized spacial score (nSPS) is 22.4. The van der Waals surface area contributed by atoms with E-state index in [0.717, 1.165) is 37.8 Å². The molecule has 1 unspecified atom stereocenters. The molecule has 1 aromatic rings. The van der Waals surface area contributed by atoms with Gasteiger partial charge < -0.3 is 4.74 Å². The van der Waals surface area contributed by atoms with Crippen LogP contribution >= 0.6 is 0 Å². The van der Waals surface area contributed by atoms with Crippen molar-refractivity contribution in [2.24, 2.45) is 11.8 Å². The van der Waals surface area contributed by atoms with Gasteiger partial charge in [0.1, 0.15) is 11.6 Å². The maximum absolute atomic E-state index is 13.5. The molecule has 0 radical (unpaired) electrons. The Hall–Kier alpha value is -1.78. The summed E-state index contributed by atoms with van der Waals surface area (Å²) in [4.78, 5) is 24.2. The molecule has 0 aliphatic heterocycles. The molecule has 1 aliphatic rings. The predicted molar refractivity (Wildman–Crippen MR) is 81.7 cm³/mol. The van der Waals surface area contributed by atoms with Gasteiger partial charge in [0.05, 0.1) is 6.42 Å². The molecule has 0 heterocycles. The second-order valence-electron chi connectivity index (χ2n) is 6.37. The van der Waals surface area contributed by atoms with E-state index in [1.807, 2.05) is 0 Å². The van der Waals surface area contributed by atoms with E-state index in [9.17, 15) is 18.4 Å². The van der Waals surface area contributed by atoms with Crippen LogP contribution in [0, 0.1) is 23.5 Å². The first-order valence-corrected chi connectivity index (χ1v) is 8.04. The smallest absolute Gasteiger partial charge is 0.311 e. The molecule has 0 amide bonds. The Morgan fingerprint density at radius 3 is 2.30 bits per heavy atom. The number of rotatable bonds is 5. The molecule has 5 heteroatoms. The number of hydrogen-bond donors (Lipinski definition) is 0. The number of carbonyl (C=O) groups is 2. The van der Waals surface area contributed by atoms with Crippen molar-refractivity contribution in [1.82, 2.24) is 0 Å². The van der Waals surface area contributed by atoms with Crippen LogP contribution in [0.3, 0.4) is 0 Å². The number of benzene rings is 1. The summed E-state index contributed by atoms with van der Waals surface area (Å²) in [6.07, 6.45) is 2.22. The Labute approximate surface area is 135 Å². The SMILES string of the molecule is CC1CCC(C(=O)C(C)OC(=O)Cc2c(F)cccc2F)CC1. The van der Waals surface area contributed by atoms with Crippen molar-refractivity contribution in [1.29, 1.82) is 0 Å². The van der Waals surface area contributed by atoms with Gasteiger partial charge >= 0.3 is 5.97 Å². The van der Waals surface area contributed by atoms with Gasteiger partial charge in [-0.25, -0.2) is 8.78 Å². The average molecular weight is 324 g/mol. The van der Waals surface area contributed by atoms with Gasteiger partial charge in [0, 0.05) is 11.5 Å². The van der Waals surface area contributed by atoms with Crippen molar-refractivity contribution in [3.05, 3.63) is 35.4 Å². The summed E-state index contributed by atoms with van der Waals surface area (Å²) in [6, 6.07) is 3.41. The first-order chi connectivity index (χ1) is 10.9. The highest BCUT2D eigenvalue weighted by Gasteiger charge is 2.29. The maximum atomic E-state index is 13.5. The van der Waals surface area contributed by atoms with E-state index in [-0.39, 0.29) is 17.3 Å². The summed E-state index contributed by atoms with van der Waals surface area (Å²) in [5.74, 6) is -1.93. The minimum absolute atomic E-state index is 0.0841. The van der Waals surface area contributed by atoms with Crippen LogP contribution in [0.5, 0.6) is 0 Å². The van der Waals surface area contributed by atoms with Gasteiger partial charge in [0.25, 0.3) is 0 Å². The molecule has 0 aromatic heterocycles. The van der Waals surface area contributed by atoms with Crippen LogP contribution in [0.2, 0.25) is 0 Å². The Balaban J connectivity index is 1.90. The molecule has 0 saturated heterocycles. The van der Waals surface area contributed by atoms with Crippen molar-refractivity contribution in [2.45, 2.75) is 52.1 Å². The molecule has 2 rings (SSSR count). The molecule has 1 fully saturated rings. The fourth-order valence-corrected chi connectivity index (χ4v) is 3.02. The molecule has 3 nitrogen and oxygen atoms in total. The standard InChI is InChI=1S/C18H22F2O3/c1-11-6-8-13(9-7-11)18(22)12(2)23-17(21)10-14-15(19)4-3-5-16(14)20/h3-5,11-13H,6-10H2,1-2H3. The lowest BCUT2D eigenvalue weighted by atomic mass is 9.80. The van der Waals surface area contributed by atoms with Gasteiger partial charge in [-0.15, -0.1) is 0 Å². The lowest BCUT2D eigenvalue weighted by Gasteiger charge is -2.27. The van der Waals surface area contributed by atoms with Gasteiger partial charge in [0.15, 0.2) is 11.9 Å². The van der Waals surface area contributed by atoms with E-state index in [1.54, 1.807) is 0 Å². The third-order valence-corrected chi connectivity index (χ3v) is 4.51. The molecule has 1 aromatic carbocycles. The molecule has 0 N–H and O–H groups in total. The number of ether oxygens (including phenoxy) is 1. The second kappa shape index (κ2) is 7.66. The summed E-state index contributed by atoms with van der Waals surface area (Å²) in [5.41, 5.74) is -0.330. The highest BCUT2D eigenvalue weighted by atomic mass is 19.1. The molecular weight excluding hydrogens is 302 g/mol. The first-order valence-electron chi connectivity index (χ1n) is 8.04. The van der Waals surface area contributed by atoms with Crippen LogP contribution in [-0.2, 0) is 20.7 Å². The Morgan fingerprint density at radius 1 is 1.17 bits per heavy atom. The zero-order valence-electron chi connectivity index (χ0n) is 13.5. The lowest BCUT2D eigenvalue weighted by molar-refractivity contribution is -0.155. The van der Waals surface area contributed by atoms with Crippen molar-refractivity contribution in [3.63, 3.8) is 0 Å². The van der Waals surface area contributed by atoms with Crippen LogP contribution in [0.25, 0.3) is 0 Å². The quantitative estimate of drug-likeness (QED) is 0.773. The Bertz CT molecular complexity index is 557. The third-order valence-electron chi connectivity index (χ3n) is 4.51. The molecular formula is C18H22F2O3. The fourth-order valence-electron chi connectivity index (χ4n) is 3.02. The maximum Gasteiger partial charge on any atom is 0.311 e. The van der Waals surface area contributed by atoms with Gasteiger partial charge in [-0.2, -0.15) is 0 Å². The van der Waals surface area contributed by atoms with Crippen molar-refractivity contribution >= 4 is 11.8 Å². The number of Topliss-reactive ketones (excluding diaryl/α,β-unsaturated/α-hetero) is 1. The molecule has 0 spiro atoms. The molecule has 0 bridgehead atoms. The number of halogens is 2. The molecule has 1 atom stereocenters. The predicted octanol–water partition coefficient (Wildman–Crippen LogP) is 3.83. The Morgan fingerprint density at radius 2 is 1.74 bits per heavy atom. The van der Waals surface area contributed by atoms with E-state index < -0.39 is 30.1 Å². The van der Waals surface area contributed by atoms with Gasteiger partial charge in [-0.1, -0.05) is 25.8 Å². The summed E-state index contributed by atoms with van der Waals surface area (Å²) in [7, 11) is 0. The molecule has 1 saturated carbocycles. The van der Waals surface area contributed by atoms with E-state index in [1.165, 1.54) is 13.0 Å². The monoisotopic (exact) mass is 324 g/mol. The summed E-state index contributed by atoms with van der Waals surface area (Å²) < 4.78 is 32.1. The molecule has 1 aliphatic carbocycles. The average Bonchev–Trinajstić information content (AvgIpc) is 2.51. The zero-order valence-corrected chi connectivity index (χ0v) is 13.5. The fraction of sp³-hybridized carbons (Fsp3) is 0.556. The summed E-state index contributed by atoms with van der Waals surface area (Å²) in [5, 5.41) is 0. The van der Waals surface area contributed by atoms with Crippen molar-refractivity contribution in [2.75, 3.05) is 0 Å². The summed E-state index contributed by atoms with van der Waals surface area (Å²) >= 11 is 0. The molecule has 23 heavy (non-hydrogen) atoms. The van der Waals surface area contributed by atoms with Gasteiger partial charge in [-0.05, 0) is 37.8 Å². The van der Waals surface area contributed by atoms with E-state index in [2.05, 4.69) is 6.92 Å². The van der Waals surface area contributed by atoms with Crippen molar-refractivity contribution < 1.29 is 23.1 Å². The van der Waals surface area contributed by atoms with Crippen LogP contribution in [0.4, 0.5) is 8.78 Å². The summed E-state index contributed by atoms with van der Waals surface area (Å²) in [6.45, 7) is 3.68. The van der Waals surface area contributed by atoms with E-state index >= 15 is 0 Å². The number of carbonyl (C=O) groups excluding carboxylic acids is 2. The first kappa shape index (κ1) is 17.6. The van der Waals surface area contributed by atoms with Crippen molar-refractivity contribution in [3.8, 4) is 0 Å². The molecule has 126 valence electrons. The van der Waals surface area contributed by atoms with E-state index in [4.69, 9.17) is 4.74 Å². The van der Waals surface area contributed by atoms with Gasteiger partial charge in [-0.3, -0.25) is 9.59 Å².